The minimum Gasteiger partial charge on any atom is -0.436 e. The fraction of sp³-hybridized carbons (Fsp3) is 0.167. The predicted octanol–water partition coefficient (Wildman–Crippen LogP) is 2.69. The van der Waals surface area contributed by atoms with E-state index in [2.05, 4.69) is 9.97 Å². The van der Waals surface area contributed by atoms with Gasteiger partial charge in [0.2, 0.25) is 11.7 Å². The minimum absolute atomic E-state index is 0.0869. The van der Waals surface area contributed by atoms with Crippen LogP contribution in [0, 0.1) is 11.6 Å². The molecule has 0 fully saturated rings. The van der Waals surface area contributed by atoms with Crippen LogP contribution in [0.15, 0.2) is 24.3 Å². The molecule has 1 heterocycles. The molecule has 0 aliphatic rings. The lowest BCUT2D eigenvalue weighted by Gasteiger charge is -2.07. The number of rotatable bonds is 3. The highest BCUT2D eigenvalue weighted by Gasteiger charge is 2.11. The van der Waals surface area contributed by atoms with Gasteiger partial charge in [0, 0.05) is 12.5 Å². The Labute approximate surface area is 102 Å². The second-order valence-electron chi connectivity index (χ2n) is 3.55. The highest BCUT2D eigenvalue weighted by molar-refractivity contribution is 5.36. The van der Waals surface area contributed by atoms with Gasteiger partial charge in [0.1, 0.15) is 11.6 Å². The molecule has 0 atom stereocenters. The minimum atomic E-state index is -1.06. The van der Waals surface area contributed by atoms with E-state index in [1.165, 1.54) is 18.2 Å². The molecule has 2 aromatic rings. The van der Waals surface area contributed by atoms with E-state index in [-0.39, 0.29) is 17.4 Å². The van der Waals surface area contributed by atoms with Crippen LogP contribution < -0.4 is 10.5 Å². The van der Waals surface area contributed by atoms with Crippen molar-refractivity contribution in [2.75, 3.05) is 5.73 Å². The molecular formula is C12H11F2N3O. The zero-order valence-electron chi connectivity index (χ0n) is 9.65. The molecule has 0 bridgehead atoms. The number of aryl methyl sites for hydroxylation is 1. The van der Waals surface area contributed by atoms with Crippen LogP contribution in [-0.2, 0) is 6.42 Å². The number of nitrogens with zero attached hydrogens (tertiary/aromatic N) is 2. The fourth-order valence-electron chi connectivity index (χ4n) is 1.38. The van der Waals surface area contributed by atoms with Crippen LogP contribution in [0.3, 0.4) is 0 Å². The quantitative estimate of drug-likeness (QED) is 0.911. The summed E-state index contributed by atoms with van der Waals surface area (Å²) in [5, 5.41) is 0. The molecule has 0 amide bonds. The first kappa shape index (κ1) is 12.2. The maximum absolute atomic E-state index is 13.4. The summed E-state index contributed by atoms with van der Waals surface area (Å²) in [5.41, 5.74) is 5.56. The van der Waals surface area contributed by atoms with Crippen molar-refractivity contribution in [3.63, 3.8) is 0 Å². The molecule has 2 N–H and O–H groups in total. The molecule has 1 aromatic heterocycles. The zero-order valence-corrected chi connectivity index (χ0v) is 9.65. The van der Waals surface area contributed by atoms with Gasteiger partial charge in [0.15, 0.2) is 11.6 Å². The number of anilines is 1. The van der Waals surface area contributed by atoms with Gasteiger partial charge < -0.3 is 10.5 Å². The van der Waals surface area contributed by atoms with E-state index in [0.717, 1.165) is 6.07 Å². The SMILES string of the molecule is CCc1nc(N)cc(Oc2cccc(F)c2F)n1. The van der Waals surface area contributed by atoms with E-state index < -0.39 is 11.6 Å². The molecule has 0 radical (unpaired) electrons. The average Bonchev–Trinajstić information content (AvgIpc) is 2.34. The van der Waals surface area contributed by atoms with Gasteiger partial charge in [0.25, 0.3) is 0 Å². The average molecular weight is 251 g/mol. The first-order valence-electron chi connectivity index (χ1n) is 5.35. The van der Waals surface area contributed by atoms with E-state index in [0.29, 0.717) is 12.2 Å². The Hall–Kier alpha value is -2.24. The zero-order chi connectivity index (χ0) is 13.1. The second-order valence-corrected chi connectivity index (χ2v) is 3.55. The molecule has 0 saturated carbocycles. The molecule has 0 spiro atoms. The number of hydrogen-bond acceptors (Lipinski definition) is 4. The lowest BCUT2D eigenvalue weighted by Crippen LogP contribution is -2.01. The van der Waals surface area contributed by atoms with Gasteiger partial charge in [-0.25, -0.2) is 9.37 Å². The Morgan fingerprint density at radius 3 is 2.78 bits per heavy atom. The largest absolute Gasteiger partial charge is 0.436 e. The number of aromatic nitrogens is 2. The summed E-state index contributed by atoms with van der Waals surface area (Å²) in [5.74, 6) is -1.51. The normalized spacial score (nSPS) is 10.4. The molecule has 94 valence electrons. The molecule has 4 nitrogen and oxygen atoms in total. The van der Waals surface area contributed by atoms with Crippen molar-refractivity contribution in [3.05, 3.63) is 41.7 Å². The van der Waals surface area contributed by atoms with E-state index in [9.17, 15) is 8.78 Å². The van der Waals surface area contributed by atoms with Crippen molar-refractivity contribution in [1.82, 2.24) is 9.97 Å². The van der Waals surface area contributed by atoms with Crippen LogP contribution in [0.1, 0.15) is 12.7 Å². The lowest BCUT2D eigenvalue weighted by molar-refractivity contribution is 0.404. The topological polar surface area (TPSA) is 61.0 Å². The molecule has 2 rings (SSSR count). The lowest BCUT2D eigenvalue weighted by atomic mass is 10.3. The summed E-state index contributed by atoms with van der Waals surface area (Å²) in [7, 11) is 0. The van der Waals surface area contributed by atoms with E-state index in [1.54, 1.807) is 0 Å². The van der Waals surface area contributed by atoms with E-state index in [4.69, 9.17) is 10.5 Å². The number of halogens is 2. The van der Waals surface area contributed by atoms with Gasteiger partial charge in [-0.3, -0.25) is 0 Å². The molecule has 0 aliphatic heterocycles. The van der Waals surface area contributed by atoms with Crippen molar-refractivity contribution < 1.29 is 13.5 Å². The Bertz CT molecular complexity index is 575. The van der Waals surface area contributed by atoms with Crippen LogP contribution in [0.2, 0.25) is 0 Å². The van der Waals surface area contributed by atoms with Crippen LogP contribution in [0.5, 0.6) is 11.6 Å². The Morgan fingerprint density at radius 2 is 2.06 bits per heavy atom. The third kappa shape index (κ3) is 2.53. The van der Waals surface area contributed by atoms with Crippen LogP contribution >= 0.6 is 0 Å². The van der Waals surface area contributed by atoms with E-state index in [1.807, 2.05) is 6.92 Å². The van der Waals surface area contributed by atoms with Gasteiger partial charge >= 0.3 is 0 Å². The Balaban J connectivity index is 2.34. The predicted molar refractivity (Wildman–Crippen MR) is 62.3 cm³/mol. The second kappa shape index (κ2) is 4.95. The summed E-state index contributed by atoms with van der Waals surface area (Å²) in [6.07, 6.45) is 0.563. The van der Waals surface area contributed by atoms with Crippen molar-refractivity contribution in [2.24, 2.45) is 0 Å². The van der Waals surface area contributed by atoms with E-state index >= 15 is 0 Å². The third-order valence-corrected chi connectivity index (χ3v) is 2.22. The highest BCUT2D eigenvalue weighted by atomic mass is 19.2. The van der Waals surface area contributed by atoms with Gasteiger partial charge in [-0.1, -0.05) is 13.0 Å². The first-order valence-corrected chi connectivity index (χ1v) is 5.35. The molecule has 1 aromatic carbocycles. The molecule has 0 aliphatic carbocycles. The van der Waals surface area contributed by atoms with Crippen LogP contribution in [-0.4, -0.2) is 9.97 Å². The highest BCUT2D eigenvalue weighted by Crippen LogP contribution is 2.25. The van der Waals surface area contributed by atoms with Crippen molar-refractivity contribution >= 4 is 5.82 Å². The maximum atomic E-state index is 13.4. The summed E-state index contributed by atoms with van der Waals surface area (Å²) in [6.45, 7) is 1.85. The monoisotopic (exact) mass is 251 g/mol. The smallest absolute Gasteiger partial charge is 0.224 e. The van der Waals surface area contributed by atoms with Gasteiger partial charge in [-0.05, 0) is 12.1 Å². The van der Waals surface area contributed by atoms with Gasteiger partial charge in [0.05, 0.1) is 0 Å². The standard InChI is InChI=1S/C12H11F2N3O/c1-2-10-16-9(15)6-11(17-10)18-8-5-3-4-7(13)12(8)14/h3-6H,2H2,1H3,(H2,15,16,17). The number of hydrogen-bond donors (Lipinski definition) is 1. The number of benzene rings is 1. The molecule has 0 unspecified atom stereocenters. The van der Waals surface area contributed by atoms with Gasteiger partial charge in [-0.2, -0.15) is 9.37 Å². The van der Waals surface area contributed by atoms with Crippen molar-refractivity contribution in [1.29, 1.82) is 0 Å². The molecule has 18 heavy (non-hydrogen) atoms. The number of nitrogen functional groups attached to an aromatic ring is 1. The fourth-order valence-corrected chi connectivity index (χ4v) is 1.38. The number of nitrogens with two attached hydrogens (primary N) is 1. The van der Waals surface area contributed by atoms with Crippen LogP contribution in [0.25, 0.3) is 0 Å². The van der Waals surface area contributed by atoms with Gasteiger partial charge in [-0.15, -0.1) is 0 Å². The Kier molecular flexibility index (Phi) is 3.36. The summed E-state index contributed by atoms with van der Waals surface area (Å²) in [6, 6.07) is 5.01. The first-order chi connectivity index (χ1) is 8.60. The third-order valence-electron chi connectivity index (χ3n) is 2.22. The number of ether oxygens (including phenoxy) is 1. The Morgan fingerprint density at radius 1 is 1.28 bits per heavy atom. The van der Waals surface area contributed by atoms with Crippen molar-refractivity contribution in [3.8, 4) is 11.6 Å². The summed E-state index contributed by atoms with van der Waals surface area (Å²) in [4.78, 5) is 7.97. The summed E-state index contributed by atoms with van der Waals surface area (Å²) < 4.78 is 31.6. The molecule has 0 saturated heterocycles. The van der Waals surface area contributed by atoms with Crippen LogP contribution in [0.4, 0.5) is 14.6 Å². The molecular weight excluding hydrogens is 240 g/mol. The maximum Gasteiger partial charge on any atom is 0.224 e. The molecule has 6 heteroatoms. The summed E-state index contributed by atoms with van der Waals surface area (Å²) >= 11 is 0. The van der Waals surface area contributed by atoms with Crippen molar-refractivity contribution in [2.45, 2.75) is 13.3 Å².